The number of likely N-dealkylation sites (N-methyl/N-ethyl adjacent to an activating group) is 2. The monoisotopic (exact) mass is 234 g/mol. The van der Waals surface area contributed by atoms with Gasteiger partial charge in [-0.25, -0.2) is 0 Å². The molecule has 2 heteroatoms. The summed E-state index contributed by atoms with van der Waals surface area (Å²) in [7, 11) is 4.17. The first-order chi connectivity index (χ1) is 7.95. The van der Waals surface area contributed by atoms with Gasteiger partial charge >= 0.3 is 0 Å². The van der Waals surface area contributed by atoms with E-state index >= 15 is 0 Å². The van der Waals surface area contributed by atoms with Crippen molar-refractivity contribution >= 4 is 0 Å². The number of nitrogens with one attached hydrogen (secondary N) is 1. The van der Waals surface area contributed by atoms with Crippen molar-refractivity contribution in [1.29, 1.82) is 0 Å². The molecule has 0 unspecified atom stereocenters. The largest absolute Gasteiger partial charge is 0.318 e. The minimum absolute atomic E-state index is 0.223. The van der Waals surface area contributed by atoms with Crippen LogP contribution in [0.3, 0.4) is 0 Å². The highest BCUT2D eigenvalue weighted by Gasteiger charge is 2.17. The highest BCUT2D eigenvalue weighted by atomic mass is 15.1. The predicted octanol–water partition coefficient (Wildman–Crippen LogP) is 2.64. The third-order valence-corrected chi connectivity index (χ3v) is 3.01. The average Bonchev–Trinajstić information content (AvgIpc) is 2.25. The molecule has 17 heavy (non-hydrogen) atoms. The van der Waals surface area contributed by atoms with Gasteiger partial charge in [-0.05, 0) is 30.6 Å². The van der Waals surface area contributed by atoms with Gasteiger partial charge in [-0.1, -0.05) is 45.0 Å². The summed E-state index contributed by atoms with van der Waals surface area (Å²) in [5.41, 5.74) is 3.12. The van der Waals surface area contributed by atoms with Crippen molar-refractivity contribution in [2.24, 2.45) is 0 Å². The fourth-order valence-electron chi connectivity index (χ4n) is 2.06. The Balaban J connectivity index is 2.77. The minimum atomic E-state index is 0.223. The van der Waals surface area contributed by atoms with E-state index in [4.69, 9.17) is 0 Å². The molecule has 0 heterocycles. The summed E-state index contributed by atoms with van der Waals surface area (Å²) in [6, 6.07) is 8.77. The molecule has 96 valence electrons. The lowest BCUT2D eigenvalue weighted by atomic mass is 9.83. The van der Waals surface area contributed by atoms with Gasteiger partial charge in [-0.3, -0.25) is 0 Å². The summed E-state index contributed by atoms with van der Waals surface area (Å²) < 4.78 is 0. The topological polar surface area (TPSA) is 15.3 Å². The number of rotatable bonds is 5. The predicted molar refractivity (Wildman–Crippen MR) is 75.4 cm³/mol. The molecule has 0 fully saturated rings. The van der Waals surface area contributed by atoms with Crippen LogP contribution in [0.15, 0.2) is 24.3 Å². The number of nitrogens with zero attached hydrogens (tertiary/aromatic N) is 1. The van der Waals surface area contributed by atoms with Crippen LogP contribution >= 0.6 is 0 Å². The van der Waals surface area contributed by atoms with Crippen LogP contribution in [-0.2, 0) is 12.0 Å². The molecule has 2 nitrogen and oxygen atoms in total. The Hall–Kier alpha value is -0.860. The zero-order valence-electron chi connectivity index (χ0n) is 11.9. The van der Waals surface area contributed by atoms with Gasteiger partial charge < -0.3 is 10.2 Å². The first-order valence-electron chi connectivity index (χ1n) is 6.36. The molecule has 1 aromatic rings. The number of hydrogen-bond acceptors (Lipinski definition) is 2. The maximum absolute atomic E-state index is 3.19. The van der Waals surface area contributed by atoms with Crippen LogP contribution in [0.5, 0.6) is 0 Å². The van der Waals surface area contributed by atoms with E-state index in [1.54, 1.807) is 0 Å². The number of benzene rings is 1. The second-order valence-corrected chi connectivity index (χ2v) is 5.75. The quantitative estimate of drug-likeness (QED) is 0.842. The molecule has 0 aromatic heterocycles. The fourth-order valence-corrected chi connectivity index (χ4v) is 2.06. The average molecular weight is 234 g/mol. The van der Waals surface area contributed by atoms with Gasteiger partial charge in [0, 0.05) is 19.6 Å². The lowest BCUT2D eigenvalue weighted by Crippen LogP contribution is -2.28. The van der Waals surface area contributed by atoms with Crippen molar-refractivity contribution < 1.29 is 0 Å². The van der Waals surface area contributed by atoms with E-state index in [9.17, 15) is 0 Å². The summed E-state index contributed by atoms with van der Waals surface area (Å²) in [6.45, 7) is 9.97. The lowest BCUT2D eigenvalue weighted by Gasteiger charge is -2.25. The molecule has 1 rings (SSSR count). The SMILES string of the molecule is CNCCN(C)Cc1ccccc1C(C)(C)C. The number of hydrogen-bond donors (Lipinski definition) is 1. The Morgan fingerprint density at radius 3 is 2.41 bits per heavy atom. The zero-order chi connectivity index (χ0) is 12.9. The highest BCUT2D eigenvalue weighted by molar-refractivity contribution is 5.32. The molecular formula is C15H26N2. The van der Waals surface area contributed by atoms with Gasteiger partial charge in [0.1, 0.15) is 0 Å². The van der Waals surface area contributed by atoms with Crippen LogP contribution in [-0.4, -0.2) is 32.1 Å². The summed E-state index contributed by atoms with van der Waals surface area (Å²) >= 11 is 0. The molecule has 0 radical (unpaired) electrons. The molecule has 0 aliphatic rings. The van der Waals surface area contributed by atoms with Crippen LogP contribution in [0.1, 0.15) is 31.9 Å². The fraction of sp³-hybridized carbons (Fsp3) is 0.600. The van der Waals surface area contributed by atoms with E-state index in [-0.39, 0.29) is 5.41 Å². The summed E-state index contributed by atoms with van der Waals surface area (Å²) in [6.07, 6.45) is 0. The third-order valence-electron chi connectivity index (χ3n) is 3.01. The maximum Gasteiger partial charge on any atom is 0.0234 e. The highest BCUT2D eigenvalue weighted by Crippen LogP contribution is 2.26. The Kier molecular flexibility index (Phi) is 5.16. The lowest BCUT2D eigenvalue weighted by molar-refractivity contribution is 0.325. The molecule has 0 aliphatic carbocycles. The summed E-state index contributed by atoms with van der Waals surface area (Å²) in [5.74, 6) is 0. The Morgan fingerprint density at radius 1 is 1.18 bits per heavy atom. The van der Waals surface area contributed by atoms with E-state index in [0.29, 0.717) is 0 Å². The molecule has 0 atom stereocenters. The third kappa shape index (κ3) is 4.49. The molecule has 0 spiro atoms. The van der Waals surface area contributed by atoms with Crippen molar-refractivity contribution in [2.75, 3.05) is 27.2 Å². The zero-order valence-corrected chi connectivity index (χ0v) is 11.9. The summed E-state index contributed by atoms with van der Waals surface area (Å²) in [5, 5.41) is 3.19. The Labute approximate surface area is 106 Å². The first-order valence-corrected chi connectivity index (χ1v) is 6.36. The summed E-state index contributed by atoms with van der Waals surface area (Å²) in [4.78, 5) is 2.36. The smallest absolute Gasteiger partial charge is 0.0234 e. The second kappa shape index (κ2) is 6.18. The second-order valence-electron chi connectivity index (χ2n) is 5.75. The van der Waals surface area contributed by atoms with Crippen LogP contribution < -0.4 is 5.32 Å². The molecule has 0 saturated carbocycles. The normalized spacial score (nSPS) is 12.1. The van der Waals surface area contributed by atoms with Crippen LogP contribution in [0.25, 0.3) is 0 Å². The maximum atomic E-state index is 3.19. The van der Waals surface area contributed by atoms with Gasteiger partial charge in [-0.15, -0.1) is 0 Å². The first kappa shape index (κ1) is 14.2. The molecule has 1 N–H and O–H groups in total. The van der Waals surface area contributed by atoms with Gasteiger partial charge in [-0.2, -0.15) is 0 Å². The minimum Gasteiger partial charge on any atom is -0.318 e. The van der Waals surface area contributed by atoms with Crippen molar-refractivity contribution in [1.82, 2.24) is 10.2 Å². The van der Waals surface area contributed by atoms with Crippen molar-refractivity contribution in [3.05, 3.63) is 35.4 Å². The van der Waals surface area contributed by atoms with E-state index < -0.39 is 0 Å². The van der Waals surface area contributed by atoms with Gasteiger partial charge in [0.15, 0.2) is 0 Å². The van der Waals surface area contributed by atoms with E-state index in [0.717, 1.165) is 19.6 Å². The van der Waals surface area contributed by atoms with Crippen LogP contribution in [0.4, 0.5) is 0 Å². The van der Waals surface area contributed by atoms with E-state index in [1.807, 2.05) is 7.05 Å². The Morgan fingerprint density at radius 2 is 1.82 bits per heavy atom. The Bertz CT molecular complexity index is 339. The standard InChI is InChI=1S/C15H26N2/c1-15(2,3)14-9-7-6-8-13(14)12-17(5)11-10-16-4/h6-9,16H,10-12H2,1-5H3. The molecule has 0 aliphatic heterocycles. The van der Waals surface area contributed by atoms with Crippen molar-refractivity contribution in [2.45, 2.75) is 32.7 Å². The van der Waals surface area contributed by atoms with E-state index in [1.165, 1.54) is 11.1 Å². The van der Waals surface area contributed by atoms with Crippen molar-refractivity contribution in [3.63, 3.8) is 0 Å². The van der Waals surface area contributed by atoms with Gasteiger partial charge in [0.05, 0.1) is 0 Å². The van der Waals surface area contributed by atoms with Crippen LogP contribution in [0, 0.1) is 0 Å². The van der Waals surface area contributed by atoms with E-state index in [2.05, 4.69) is 62.3 Å². The molecule has 0 saturated heterocycles. The molecule has 0 amide bonds. The van der Waals surface area contributed by atoms with Crippen molar-refractivity contribution in [3.8, 4) is 0 Å². The van der Waals surface area contributed by atoms with Gasteiger partial charge in [0.25, 0.3) is 0 Å². The molecule has 1 aromatic carbocycles. The molecule has 0 bridgehead atoms. The van der Waals surface area contributed by atoms with Crippen LogP contribution in [0.2, 0.25) is 0 Å². The van der Waals surface area contributed by atoms with Gasteiger partial charge in [0.2, 0.25) is 0 Å². The molecular weight excluding hydrogens is 208 g/mol.